The van der Waals surface area contributed by atoms with Gasteiger partial charge in [-0.15, -0.1) is 0 Å². The first-order valence-corrected chi connectivity index (χ1v) is 8.35. The van der Waals surface area contributed by atoms with E-state index in [1.807, 2.05) is 6.07 Å². The van der Waals surface area contributed by atoms with Crippen molar-refractivity contribution in [3.63, 3.8) is 0 Å². The molecular formula is C19H14Cl2N2O3. The van der Waals surface area contributed by atoms with Gasteiger partial charge in [0.25, 0.3) is 0 Å². The third kappa shape index (κ3) is 4.25. The summed E-state index contributed by atoms with van der Waals surface area (Å²) < 4.78 is 10.6. The fraction of sp³-hybridized carbons (Fsp3) is 0.0526. The highest BCUT2D eigenvalue weighted by molar-refractivity contribution is 6.35. The second-order valence-electron chi connectivity index (χ2n) is 5.47. The maximum absolute atomic E-state index is 12.0. The molecule has 0 aliphatic rings. The van der Waals surface area contributed by atoms with Crippen molar-refractivity contribution >= 4 is 45.8 Å². The number of carbonyl (C=O) groups excluding carboxylic acids is 1. The van der Waals surface area contributed by atoms with E-state index in [1.54, 1.807) is 42.5 Å². The largest absolute Gasteiger partial charge is 0.480 e. The lowest BCUT2D eigenvalue weighted by Gasteiger charge is -2.09. The molecule has 0 atom stereocenters. The van der Waals surface area contributed by atoms with E-state index in [2.05, 4.69) is 0 Å². The molecule has 3 aromatic carbocycles. The van der Waals surface area contributed by atoms with Gasteiger partial charge in [0.05, 0.1) is 5.02 Å². The number of carbonyl (C=O) groups is 1. The summed E-state index contributed by atoms with van der Waals surface area (Å²) in [5.74, 6) is 0.184. The maximum atomic E-state index is 12.0. The monoisotopic (exact) mass is 388 g/mol. The lowest BCUT2D eigenvalue weighted by Crippen LogP contribution is -2.17. The number of nitrogens with one attached hydrogen (secondary N) is 1. The molecule has 132 valence electrons. The summed E-state index contributed by atoms with van der Waals surface area (Å²) in [6.07, 6.45) is 0. The smallest absolute Gasteiger partial charge is 0.349 e. The van der Waals surface area contributed by atoms with Crippen molar-refractivity contribution in [2.45, 2.75) is 0 Å². The molecule has 0 saturated carbocycles. The van der Waals surface area contributed by atoms with Crippen LogP contribution in [0.25, 0.3) is 10.8 Å². The van der Waals surface area contributed by atoms with Gasteiger partial charge < -0.3 is 15.2 Å². The Morgan fingerprint density at radius 2 is 1.73 bits per heavy atom. The van der Waals surface area contributed by atoms with Crippen LogP contribution in [0.5, 0.6) is 11.5 Å². The lowest BCUT2D eigenvalue weighted by molar-refractivity contribution is -0.136. The number of benzene rings is 3. The van der Waals surface area contributed by atoms with Crippen LogP contribution in [-0.2, 0) is 4.79 Å². The van der Waals surface area contributed by atoms with Crippen LogP contribution in [0.3, 0.4) is 0 Å². The fourth-order valence-electron chi connectivity index (χ4n) is 2.34. The normalized spacial score (nSPS) is 10.5. The quantitative estimate of drug-likeness (QED) is 0.293. The molecule has 3 rings (SSSR count). The van der Waals surface area contributed by atoms with E-state index in [0.29, 0.717) is 27.1 Å². The van der Waals surface area contributed by atoms with Gasteiger partial charge in [0, 0.05) is 10.6 Å². The Labute approximate surface area is 159 Å². The Balaban J connectivity index is 1.67. The van der Waals surface area contributed by atoms with Crippen LogP contribution in [0.4, 0.5) is 0 Å². The molecule has 26 heavy (non-hydrogen) atoms. The average molecular weight is 389 g/mol. The molecule has 0 spiro atoms. The summed E-state index contributed by atoms with van der Waals surface area (Å²) in [4.78, 5) is 12.0. The summed E-state index contributed by atoms with van der Waals surface area (Å²) in [7, 11) is 0. The first-order valence-electron chi connectivity index (χ1n) is 7.59. The number of halogens is 2. The van der Waals surface area contributed by atoms with Gasteiger partial charge in [-0.25, -0.2) is 4.79 Å². The zero-order valence-corrected chi connectivity index (χ0v) is 15.0. The summed E-state index contributed by atoms with van der Waals surface area (Å²) in [5, 5.41) is 10.0. The van der Waals surface area contributed by atoms with Gasteiger partial charge in [-0.1, -0.05) is 41.4 Å². The Morgan fingerprint density at radius 1 is 1.00 bits per heavy atom. The average Bonchev–Trinajstić information content (AvgIpc) is 2.60. The summed E-state index contributed by atoms with van der Waals surface area (Å²) in [6, 6.07) is 15.3. The molecule has 0 radical (unpaired) electrons. The highest BCUT2D eigenvalue weighted by Gasteiger charge is 2.09. The van der Waals surface area contributed by atoms with E-state index in [0.717, 1.165) is 10.8 Å². The van der Waals surface area contributed by atoms with Crippen molar-refractivity contribution in [1.82, 2.24) is 0 Å². The second-order valence-corrected chi connectivity index (χ2v) is 6.32. The van der Waals surface area contributed by atoms with Crippen LogP contribution in [0, 0.1) is 5.41 Å². The zero-order valence-electron chi connectivity index (χ0n) is 13.5. The molecule has 3 aromatic rings. The minimum Gasteiger partial charge on any atom is -0.480 e. The van der Waals surface area contributed by atoms with E-state index in [4.69, 9.17) is 43.8 Å². The van der Waals surface area contributed by atoms with Gasteiger partial charge >= 0.3 is 5.97 Å². The van der Waals surface area contributed by atoms with E-state index < -0.39 is 5.97 Å². The number of esters is 1. The Kier molecular flexibility index (Phi) is 5.30. The van der Waals surface area contributed by atoms with Gasteiger partial charge in [-0.3, -0.25) is 5.41 Å². The van der Waals surface area contributed by atoms with Crippen molar-refractivity contribution in [1.29, 1.82) is 5.41 Å². The summed E-state index contributed by atoms with van der Waals surface area (Å²) >= 11 is 11.8. The third-order valence-electron chi connectivity index (χ3n) is 3.59. The number of hydrogen-bond donors (Lipinski definition) is 2. The summed E-state index contributed by atoms with van der Waals surface area (Å²) in [5.41, 5.74) is 6.12. The van der Waals surface area contributed by atoms with E-state index in [1.165, 1.54) is 6.07 Å². The van der Waals surface area contributed by atoms with E-state index in [9.17, 15) is 4.79 Å². The molecule has 0 unspecified atom stereocenters. The van der Waals surface area contributed by atoms with E-state index in [-0.39, 0.29) is 12.4 Å². The van der Waals surface area contributed by atoms with Gasteiger partial charge in [-0.05, 0) is 47.2 Å². The SMILES string of the molecule is N=C(N)c1ccc2cc(OC(=O)COc3ccc(Cl)cc3Cl)ccc2c1. The molecular weight excluding hydrogens is 375 g/mol. The van der Waals surface area contributed by atoms with Crippen molar-refractivity contribution in [2.75, 3.05) is 6.61 Å². The van der Waals surface area contributed by atoms with Crippen LogP contribution >= 0.6 is 23.2 Å². The molecule has 3 N–H and O–H groups in total. The standard InChI is InChI=1S/C19H14Cl2N2O3/c20-14-4-6-17(16(21)9-14)25-10-18(24)26-15-5-3-11-7-13(19(22)23)2-1-12(11)8-15/h1-9H,10H2,(H3,22,23). The highest BCUT2D eigenvalue weighted by Crippen LogP contribution is 2.27. The van der Waals surface area contributed by atoms with Crippen molar-refractivity contribution in [3.05, 3.63) is 70.2 Å². The number of hydrogen-bond acceptors (Lipinski definition) is 4. The number of fused-ring (bicyclic) bond motifs is 1. The molecule has 0 bridgehead atoms. The van der Waals surface area contributed by atoms with Crippen LogP contribution in [0.1, 0.15) is 5.56 Å². The molecule has 7 heteroatoms. The van der Waals surface area contributed by atoms with Crippen molar-refractivity contribution in [3.8, 4) is 11.5 Å². The molecule has 0 fully saturated rings. The highest BCUT2D eigenvalue weighted by atomic mass is 35.5. The minimum atomic E-state index is -0.560. The van der Waals surface area contributed by atoms with Crippen molar-refractivity contribution in [2.24, 2.45) is 5.73 Å². The number of nitrogen functional groups attached to an aromatic ring is 1. The van der Waals surface area contributed by atoms with Gasteiger partial charge in [0.15, 0.2) is 6.61 Å². The van der Waals surface area contributed by atoms with Crippen molar-refractivity contribution < 1.29 is 14.3 Å². The predicted octanol–water partition coefficient (Wildman–Crippen LogP) is 4.42. The summed E-state index contributed by atoms with van der Waals surface area (Å²) in [6.45, 7) is -0.289. The number of ether oxygens (including phenoxy) is 2. The Hall–Kier alpha value is -2.76. The zero-order chi connectivity index (χ0) is 18.7. The van der Waals surface area contributed by atoms with Gasteiger partial charge in [0.1, 0.15) is 17.3 Å². The van der Waals surface area contributed by atoms with Crippen LogP contribution in [0.2, 0.25) is 10.0 Å². The topological polar surface area (TPSA) is 85.4 Å². The minimum absolute atomic E-state index is 0.000383. The maximum Gasteiger partial charge on any atom is 0.349 e. The fourth-order valence-corrected chi connectivity index (χ4v) is 2.81. The van der Waals surface area contributed by atoms with Gasteiger partial charge in [0.2, 0.25) is 0 Å². The molecule has 0 heterocycles. The Morgan fingerprint density at radius 3 is 2.46 bits per heavy atom. The number of amidine groups is 1. The molecule has 0 saturated heterocycles. The van der Waals surface area contributed by atoms with Crippen LogP contribution in [-0.4, -0.2) is 18.4 Å². The lowest BCUT2D eigenvalue weighted by atomic mass is 10.1. The Bertz CT molecular complexity index is 1010. The molecule has 0 amide bonds. The first-order chi connectivity index (χ1) is 12.4. The third-order valence-corrected chi connectivity index (χ3v) is 4.12. The first kappa shape index (κ1) is 18.0. The number of nitrogens with two attached hydrogens (primary N) is 1. The molecule has 0 aromatic heterocycles. The molecule has 5 nitrogen and oxygen atoms in total. The second kappa shape index (κ2) is 7.64. The van der Waals surface area contributed by atoms with Crippen LogP contribution in [0.15, 0.2) is 54.6 Å². The molecule has 0 aliphatic carbocycles. The molecule has 0 aliphatic heterocycles. The predicted molar refractivity (Wildman–Crippen MR) is 103 cm³/mol. The number of rotatable bonds is 5. The van der Waals surface area contributed by atoms with Gasteiger partial charge in [-0.2, -0.15) is 0 Å². The van der Waals surface area contributed by atoms with E-state index >= 15 is 0 Å². The van der Waals surface area contributed by atoms with Crippen LogP contribution < -0.4 is 15.2 Å².